The molecule has 0 radical (unpaired) electrons. The highest BCUT2D eigenvalue weighted by Crippen LogP contribution is 2.25. The molecule has 2 N–H and O–H groups in total. The molecular weight excluding hydrogens is 229 g/mol. The standard InChI is InChI=1S/C12H17F3N2/c1-2-17(11(8-16)12(13,14)15)9-10-6-4-3-5-7-10/h3-7,11H,2,8-9,16H2,1H3. The van der Waals surface area contributed by atoms with Crippen molar-refractivity contribution >= 4 is 0 Å². The Morgan fingerprint density at radius 1 is 1.24 bits per heavy atom. The molecule has 0 bridgehead atoms. The summed E-state index contributed by atoms with van der Waals surface area (Å²) in [5.74, 6) is 0. The highest BCUT2D eigenvalue weighted by Gasteiger charge is 2.41. The van der Waals surface area contributed by atoms with Crippen LogP contribution in [0.3, 0.4) is 0 Å². The third-order valence-corrected chi connectivity index (χ3v) is 2.68. The number of rotatable bonds is 5. The molecule has 17 heavy (non-hydrogen) atoms. The van der Waals surface area contributed by atoms with Gasteiger partial charge in [0.1, 0.15) is 6.04 Å². The summed E-state index contributed by atoms with van der Waals surface area (Å²) < 4.78 is 38.2. The zero-order chi connectivity index (χ0) is 12.9. The minimum Gasteiger partial charge on any atom is -0.329 e. The van der Waals surface area contributed by atoms with Crippen LogP contribution in [0.4, 0.5) is 13.2 Å². The van der Waals surface area contributed by atoms with Crippen LogP contribution >= 0.6 is 0 Å². The molecule has 0 heterocycles. The van der Waals surface area contributed by atoms with Crippen molar-refractivity contribution in [1.29, 1.82) is 0 Å². The lowest BCUT2D eigenvalue weighted by Gasteiger charge is -2.31. The van der Waals surface area contributed by atoms with Crippen molar-refractivity contribution in [2.45, 2.75) is 25.7 Å². The summed E-state index contributed by atoms with van der Waals surface area (Å²) in [6, 6.07) is 7.51. The number of nitrogens with two attached hydrogens (primary N) is 1. The Bertz CT molecular complexity index is 324. The van der Waals surface area contributed by atoms with Crippen LogP contribution in [0.25, 0.3) is 0 Å². The van der Waals surface area contributed by atoms with Crippen LogP contribution in [0.2, 0.25) is 0 Å². The van der Waals surface area contributed by atoms with Gasteiger partial charge in [-0.3, -0.25) is 4.90 Å². The van der Waals surface area contributed by atoms with Gasteiger partial charge in [0.15, 0.2) is 0 Å². The maximum Gasteiger partial charge on any atom is 0.405 e. The van der Waals surface area contributed by atoms with Gasteiger partial charge in [0.25, 0.3) is 0 Å². The third-order valence-electron chi connectivity index (χ3n) is 2.68. The van der Waals surface area contributed by atoms with Gasteiger partial charge in [0.05, 0.1) is 0 Å². The SMILES string of the molecule is CCN(Cc1ccccc1)C(CN)C(F)(F)F. The topological polar surface area (TPSA) is 29.3 Å². The molecule has 0 amide bonds. The molecule has 1 aromatic rings. The van der Waals surface area contributed by atoms with Gasteiger partial charge in [-0.2, -0.15) is 13.2 Å². The van der Waals surface area contributed by atoms with Crippen LogP contribution in [0, 0.1) is 0 Å². The summed E-state index contributed by atoms with van der Waals surface area (Å²) in [5.41, 5.74) is 6.09. The highest BCUT2D eigenvalue weighted by molar-refractivity contribution is 5.14. The van der Waals surface area contributed by atoms with E-state index in [0.717, 1.165) is 5.56 Å². The average Bonchev–Trinajstić information content (AvgIpc) is 2.28. The predicted molar refractivity (Wildman–Crippen MR) is 61.4 cm³/mol. The van der Waals surface area contributed by atoms with E-state index in [1.807, 2.05) is 30.3 Å². The Kier molecular flexibility index (Phi) is 4.96. The molecule has 0 aliphatic carbocycles. The first-order valence-corrected chi connectivity index (χ1v) is 5.53. The molecule has 0 fully saturated rings. The number of alkyl halides is 3. The van der Waals surface area contributed by atoms with Gasteiger partial charge in [-0.15, -0.1) is 0 Å². The van der Waals surface area contributed by atoms with Crippen molar-refractivity contribution in [2.75, 3.05) is 13.1 Å². The lowest BCUT2D eigenvalue weighted by Crippen LogP contribution is -2.49. The second-order valence-electron chi connectivity index (χ2n) is 3.84. The van der Waals surface area contributed by atoms with Crippen LogP contribution in [-0.2, 0) is 6.54 Å². The molecule has 0 aliphatic heterocycles. The number of likely N-dealkylation sites (N-methyl/N-ethyl adjacent to an activating group) is 1. The molecule has 0 aromatic heterocycles. The molecular formula is C12H17F3N2. The van der Waals surface area contributed by atoms with Gasteiger partial charge >= 0.3 is 6.18 Å². The van der Waals surface area contributed by atoms with E-state index in [4.69, 9.17) is 5.73 Å². The fraction of sp³-hybridized carbons (Fsp3) is 0.500. The largest absolute Gasteiger partial charge is 0.405 e. The van der Waals surface area contributed by atoms with Gasteiger partial charge < -0.3 is 5.73 Å². The minimum absolute atomic E-state index is 0.263. The first-order valence-electron chi connectivity index (χ1n) is 5.53. The minimum atomic E-state index is -4.28. The Hall–Kier alpha value is -1.07. The molecule has 0 aliphatic rings. The number of halogens is 3. The van der Waals surface area contributed by atoms with Gasteiger partial charge in [0, 0.05) is 13.1 Å². The average molecular weight is 246 g/mol. The van der Waals surface area contributed by atoms with E-state index in [2.05, 4.69) is 0 Å². The Labute approximate surface area is 99.2 Å². The van der Waals surface area contributed by atoms with Crippen molar-refractivity contribution in [1.82, 2.24) is 4.90 Å². The highest BCUT2D eigenvalue weighted by atomic mass is 19.4. The van der Waals surface area contributed by atoms with E-state index in [9.17, 15) is 13.2 Å². The second kappa shape index (κ2) is 6.02. The fourth-order valence-electron chi connectivity index (χ4n) is 1.75. The number of benzene rings is 1. The predicted octanol–water partition coefficient (Wildman–Crippen LogP) is 2.40. The quantitative estimate of drug-likeness (QED) is 0.864. The van der Waals surface area contributed by atoms with Crippen molar-refractivity contribution in [3.63, 3.8) is 0 Å². The van der Waals surface area contributed by atoms with E-state index in [0.29, 0.717) is 6.54 Å². The maximum atomic E-state index is 12.7. The number of hydrogen-bond donors (Lipinski definition) is 1. The van der Waals surface area contributed by atoms with Crippen molar-refractivity contribution in [3.8, 4) is 0 Å². The van der Waals surface area contributed by atoms with Crippen LogP contribution in [0.15, 0.2) is 30.3 Å². The Balaban J connectivity index is 2.77. The zero-order valence-electron chi connectivity index (χ0n) is 9.74. The van der Waals surface area contributed by atoms with Gasteiger partial charge in [0.2, 0.25) is 0 Å². The van der Waals surface area contributed by atoms with E-state index in [-0.39, 0.29) is 6.54 Å². The molecule has 1 atom stereocenters. The molecule has 1 rings (SSSR count). The summed E-state index contributed by atoms with van der Waals surface area (Å²) in [6.07, 6.45) is -4.28. The first kappa shape index (κ1) is 14.0. The van der Waals surface area contributed by atoms with Gasteiger partial charge in [-0.25, -0.2) is 0 Å². The lowest BCUT2D eigenvalue weighted by atomic mass is 10.1. The maximum absolute atomic E-state index is 12.7. The van der Waals surface area contributed by atoms with Crippen molar-refractivity contribution in [2.24, 2.45) is 5.73 Å². The second-order valence-corrected chi connectivity index (χ2v) is 3.84. The molecule has 0 spiro atoms. The molecule has 0 saturated carbocycles. The molecule has 2 nitrogen and oxygen atoms in total. The van der Waals surface area contributed by atoms with E-state index >= 15 is 0 Å². The van der Waals surface area contributed by atoms with Crippen LogP contribution in [-0.4, -0.2) is 30.2 Å². The normalized spacial score (nSPS) is 14.0. The van der Waals surface area contributed by atoms with Gasteiger partial charge in [-0.05, 0) is 12.1 Å². The third kappa shape index (κ3) is 4.02. The summed E-state index contributed by atoms with van der Waals surface area (Å²) in [6.45, 7) is 1.87. The number of nitrogens with zero attached hydrogens (tertiary/aromatic N) is 1. The smallest absolute Gasteiger partial charge is 0.329 e. The Morgan fingerprint density at radius 2 is 1.82 bits per heavy atom. The summed E-state index contributed by atoms with van der Waals surface area (Å²) >= 11 is 0. The number of hydrogen-bond acceptors (Lipinski definition) is 2. The summed E-state index contributed by atoms with van der Waals surface area (Å²) in [7, 11) is 0. The monoisotopic (exact) mass is 246 g/mol. The van der Waals surface area contributed by atoms with Crippen molar-refractivity contribution < 1.29 is 13.2 Å². The molecule has 96 valence electrons. The van der Waals surface area contributed by atoms with E-state index in [1.165, 1.54) is 4.90 Å². The fourth-order valence-corrected chi connectivity index (χ4v) is 1.75. The molecule has 1 aromatic carbocycles. The van der Waals surface area contributed by atoms with Crippen LogP contribution < -0.4 is 5.73 Å². The first-order chi connectivity index (χ1) is 7.99. The summed E-state index contributed by atoms with van der Waals surface area (Å²) in [4.78, 5) is 1.34. The Morgan fingerprint density at radius 3 is 2.24 bits per heavy atom. The zero-order valence-corrected chi connectivity index (χ0v) is 9.74. The van der Waals surface area contributed by atoms with Crippen LogP contribution in [0.1, 0.15) is 12.5 Å². The molecule has 0 saturated heterocycles. The van der Waals surface area contributed by atoms with Crippen molar-refractivity contribution in [3.05, 3.63) is 35.9 Å². The lowest BCUT2D eigenvalue weighted by molar-refractivity contribution is -0.182. The van der Waals surface area contributed by atoms with E-state index in [1.54, 1.807) is 6.92 Å². The van der Waals surface area contributed by atoms with Gasteiger partial charge in [-0.1, -0.05) is 37.3 Å². The van der Waals surface area contributed by atoms with E-state index < -0.39 is 18.8 Å². The molecule has 5 heteroatoms. The summed E-state index contributed by atoms with van der Waals surface area (Å²) in [5, 5.41) is 0. The molecule has 1 unspecified atom stereocenters. The van der Waals surface area contributed by atoms with Crippen LogP contribution in [0.5, 0.6) is 0 Å².